The maximum Gasteiger partial charge on any atom is 0.336 e. The zero-order valence-electron chi connectivity index (χ0n) is 18.0. The van der Waals surface area contributed by atoms with Crippen LogP contribution in [0.25, 0.3) is 33.7 Å². The van der Waals surface area contributed by atoms with Crippen LogP contribution in [0.4, 0.5) is 5.69 Å². The first-order chi connectivity index (χ1) is 15.4. The van der Waals surface area contributed by atoms with Gasteiger partial charge in [-0.05, 0) is 54.8 Å². The predicted molar refractivity (Wildman–Crippen MR) is 125 cm³/mol. The Balaban J connectivity index is 1.69. The molecule has 1 amide bonds. The summed E-state index contributed by atoms with van der Waals surface area (Å²) in [5.74, 6) is -0.118. The number of aromatic carboxylic acids is 1. The smallest absolute Gasteiger partial charge is 0.336 e. The normalized spacial score (nSPS) is 10.9. The molecule has 2 aromatic heterocycles. The van der Waals surface area contributed by atoms with Crippen LogP contribution in [-0.4, -0.2) is 22.0 Å². The molecule has 6 heteroatoms. The Hall–Kier alpha value is -3.93. The van der Waals surface area contributed by atoms with Crippen LogP contribution in [0.15, 0.2) is 65.1 Å². The maximum atomic E-state index is 11.9. The van der Waals surface area contributed by atoms with E-state index < -0.39 is 5.97 Å². The summed E-state index contributed by atoms with van der Waals surface area (Å²) in [6, 6.07) is 18.4. The highest BCUT2D eigenvalue weighted by atomic mass is 16.4. The molecule has 0 atom stereocenters. The van der Waals surface area contributed by atoms with E-state index in [1.54, 1.807) is 24.3 Å². The Labute approximate surface area is 185 Å². The van der Waals surface area contributed by atoms with Crippen LogP contribution in [0.2, 0.25) is 0 Å². The summed E-state index contributed by atoms with van der Waals surface area (Å²) in [4.78, 5) is 27.8. The summed E-state index contributed by atoms with van der Waals surface area (Å²) in [6.07, 6.45) is 3.38. The summed E-state index contributed by atoms with van der Waals surface area (Å²) in [5, 5.41) is 12.9. The number of amides is 1. The fourth-order valence-electron chi connectivity index (χ4n) is 3.66. The third kappa shape index (κ3) is 4.54. The van der Waals surface area contributed by atoms with Crippen molar-refractivity contribution in [3.8, 4) is 22.8 Å². The van der Waals surface area contributed by atoms with E-state index in [1.165, 1.54) is 18.6 Å². The lowest BCUT2D eigenvalue weighted by Crippen LogP contribution is -2.06. The fourth-order valence-corrected chi connectivity index (χ4v) is 3.66. The van der Waals surface area contributed by atoms with Crippen molar-refractivity contribution in [2.75, 3.05) is 5.32 Å². The van der Waals surface area contributed by atoms with Gasteiger partial charge in [0.25, 0.3) is 0 Å². The minimum atomic E-state index is -1.08. The molecule has 2 aromatic carbocycles. The largest absolute Gasteiger partial charge is 0.478 e. The summed E-state index contributed by atoms with van der Waals surface area (Å²) in [5.41, 5.74) is 3.80. The van der Waals surface area contributed by atoms with Gasteiger partial charge in [-0.25, -0.2) is 9.78 Å². The van der Waals surface area contributed by atoms with Gasteiger partial charge in [-0.15, -0.1) is 0 Å². The second kappa shape index (κ2) is 9.06. The van der Waals surface area contributed by atoms with E-state index in [0.717, 1.165) is 24.8 Å². The third-order valence-electron chi connectivity index (χ3n) is 5.28. The molecule has 4 aromatic rings. The summed E-state index contributed by atoms with van der Waals surface area (Å²) in [6.45, 7) is 3.58. The number of aromatic nitrogens is 1. The average Bonchev–Trinajstić information content (AvgIpc) is 3.27. The minimum Gasteiger partial charge on any atom is -0.478 e. The van der Waals surface area contributed by atoms with Crippen molar-refractivity contribution in [2.24, 2.45) is 0 Å². The molecule has 0 aliphatic carbocycles. The molecular weight excluding hydrogens is 404 g/mol. The van der Waals surface area contributed by atoms with E-state index in [9.17, 15) is 14.7 Å². The van der Waals surface area contributed by atoms with Crippen LogP contribution >= 0.6 is 0 Å². The van der Waals surface area contributed by atoms with Gasteiger partial charge in [0.15, 0.2) is 5.76 Å². The molecule has 0 aliphatic heterocycles. The van der Waals surface area contributed by atoms with Crippen LogP contribution in [0.3, 0.4) is 0 Å². The molecule has 0 unspecified atom stereocenters. The standard InChI is InChI=1S/C26H24N2O4/c1-3-4-5-17-6-8-18(9-7-17)24-12-13-25(32-24)23-15-21(26(30)31)20-14-19(27-16(2)29)10-11-22(20)28-23/h6-15H,3-5H2,1-2H3,(H,27,29)(H,30,31). The third-order valence-corrected chi connectivity index (χ3v) is 5.28. The number of benzene rings is 2. The molecule has 0 saturated heterocycles. The number of unbranched alkanes of at least 4 members (excludes halogenated alkanes) is 1. The molecular formula is C26H24N2O4. The first-order valence-electron chi connectivity index (χ1n) is 10.6. The molecule has 0 bridgehead atoms. The van der Waals surface area contributed by atoms with E-state index in [-0.39, 0.29) is 11.5 Å². The molecule has 162 valence electrons. The number of carboxylic acid groups (broad SMARTS) is 1. The van der Waals surface area contributed by atoms with E-state index in [1.807, 2.05) is 18.2 Å². The second-order valence-corrected chi connectivity index (χ2v) is 7.74. The van der Waals surface area contributed by atoms with Gasteiger partial charge in [0.1, 0.15) is 11.5 Å². The van der Waals surface area contributed by atoms with Gasteiger partial charge in [0.05, 0.1) is 11.1 Å². The molecule has 2 N–H and O–H groups in total. The number of pyridine rings is 1. The number of carboxylic acids is 1. The lowest BCUT2D eigenvalue weighted by molar-refractivity contribution is -0.114. The SMILES string of the molecule is CCCCc1ccc(-c2ccc(-c3cc(C(=O)O)c4cc(NC(C)=O)ccc4n3)o2)cc1. The van der Waals surface area contributed by atoms with Crippen molar-refractivity contribution in [1.29, 1.82) is 0 Å². The van der Waals surface area contributed by atoms with Crippen molar-refractivity contribution in [3.63, 3.8) is 0 Å². The van der Waals surface area contributed by atoms with Gasteiger partial charge >= 0.3 is 5.97 Å². The number of nitrogens with one attached hydrogen (secondary N) is 1. The number of carbonyl (C=O) groups excluding carboxylic acids is 1. The molecule has 4 rings (SSSR count). The van der Waals surface area contributed by atoms with Crippen molar-refractivity contribution in [1.82, 2.24) is 4.98 Å². The average molecular weight is 428 g/mol. The second-order valence-electron chi connectivity index (χ2n) is 7.74. The molecule has 0 radical (unpaired) electrons. The monoisotopic (exact) mass is 428 g/mol. The number of rotatable bonds is 7. The highest BCUT2D eigenvalue weighted by Gasteiger charge is 2.16. The van der Waals surface area contributed by atoms with Gasteiger partial charge in [0, 0.05) is 23.6 Å². The summed E-state index contributed by atoms with van der Waals surface area (Å²) in [7, 11) is 0. The van der Waals surface area contributed by atoms with E-state index in [4.69, 9.17) is 4.42 Å². The van der Waals surface area contributed by atoms with Gasteiger partial charge in [0.2, 0.25) is 5.91 Å². The molecule has 0 aliphatic rings. The minimum absolute atomic E-state index is 0.0930. The highest BCUT2D eigenvalue weighted by Crippen LogP contribution is 2.31. The van der Waals surface area contributed by atoms with Crippen LogP contribution in [-0.2, 0) is 11.2 Å². The maximum absolute atomic E-state index is 11.9. The number of furan rings is 1. The van der Waals surface area contributed by atoms with Crippen LogP contribution in [0, 0.1) is 0 Å². The van der Waals surface area contributed by atoms with Crippen molar-refractivity contribution >= 4 is 28.5 Å². The highest BCUT2D eigenvalue weighted by molar-refractivity contribution is 6.05. The number of carbonyl (C=O) groups is 2. The van der Waals surface area contributed by atoms with Crippen LogP contribution in [0.5, 0.6) is 0 Å². The molecule has 0 saturated carbocycles. The quantitative estimate of drug-likeness (QED) is 0.368. The van der Waals surface area contributed by atoms with Gasteiger partial charge < -0.3 is 14.8 Å². The van der Waals surface area contributed by atoms with E-state index in [2.05, 4.69) is 29.4 Å². The first-order valence-corrected chi connectivity index (χ1v) is 10.6. The Morgan fingerprint density at radius 3 is 2.44 bits per heavy atom. The molecule has 2 heterocycles. The summed E-state index contributed by atoms with van der Waals surface area (Å²) >= 11 is 0. The lowest BCUT2D eigenvalue weighted by Gasteiger charge is -2.08. The number of nitrogens with zero attached hydrogens (tertiary/aromatic N) is 1. The molecule has 6 nitrogen and oxygen atoms in total. The number of anilines is 1. The van der Waals surface area contributed by atoms with Crippen molar-refractivity contribution in [2.45, 2.75) is 33.1 Å². The van der Waals surface area contributed by atoms with Crippen molar-refractivity contribution < 1.29 is 19.1 Å². The van der Waals surface area contributed by atoms with E-state index >= 15 is 0 Å². The van der Waals surface area contributed by atoms with Crippen molar-refractivity contribution in [3.05, 3.63) is 71.8 Å². The number of aryl methyl sites for hydroxylation is 1. The van der Waals surface area contributed by atoms with Gasteiger partial charge in [-0.2, -0.15) is 0 Å². The molecule has 0 fully saturated rings. The zero-order valence-corrected chi connectivity index (χ0v) is 18.0. The number of hydrogen-bond acceptors (Lipinski definition) is 4. The molecule has 32 heavy (non-hydrogen) atoms. The van der Waals surface area contributed by atoms with Gasteiger partial charge in [-0.3, -0.25) is 4.79 Å². The molecule has 0 spiro atoms. The Kier molecular flexibility index (Phi) is 6.03. The van der Waals surface area contributed by atoms with Crippen LogP contribution in [0.1, 0.15) is 42.6 Å². The predicted octanol–water partition coefficient (Wildman–Crippen LogP) is 6.16. The Morgan fingerprint density at radius 1 is 1.00 bits per heavy atom. The zero-order chi connectivity index (χ0) is 22.7. The van der Waals surface area contributed by atoms with Crippen LogP contribution < -0.4 is 5.32 Å². The summed E-state index contributed by atoms with van der Waals surface area (Å²) < 4.78 is 6.02. The Bertz CT molecular complexity index is 1290. The van der Waals surface area contributed by atoms with E-state index in [0.29, 0.717) is 33.8 Å². The number of fused-ring (bicyclic) bond motifs is 1. The lowest BCUT2D eigenvalue weighted by atomic mass is 10.1. The topological polar surface area (TPSA) is 92.4 Å². The fraction of sp³-hybridized carbons (Fsp3) is 0.192. The number of hydrogen-bond donors (Lipinski definition) is 2. The Morgan fingerprint density at radius 2 is 1.75 bits per heavy atom. The van der Waals surface area contributed by atoms with Gasteiger partial charge in [-0.1, -0.05) is 37.6 Å². The first kappa shape index (κ1) is 21.3.